The van der Waals surface area contributed by atoms with Crippen LogP contribution in [0.3, 0.4) is 0 Å². The fourth-order valence-electron chi connectivity index (χ4n) is 1.61. The third-order valence-electron chi connectivity index (χ3n) is 2.47. The second-order valence-electron chi connectivity index (χ2n) is 3.45. The molecule has 1 aromatic heterocycles. The van der Waals surface area contributed by atoms with Gasteiger partial charge in [-0.3, -0.25) is 4.98 Å². The van der Waals surface area contributed by atoms with Crippen LogP contribution < -0.4 is 10.5 Å². The number of aromatic nitrogens is 1. The number of nitrogens with two attached hydrogens (primary N) is 1. The molecule has 0 atom stereocenters. The second kappa shape index (κ2) is 4.77. The molecule has 0 aliphatic carbocycles. The van der Waals surface area contributed by atoms with Gasteiger partial charge in [0.25, 0.3) is 0 Å². The van der Waals surface area contributed by atoms with Gasteiger partial charge >= 0.3 is 0 Å². The van der Waals surface area contributed by atoms with Crippen molar-refractivity contribution in [2.24, 2.45) is 5.73 Å². The molecule has 1 heterocycles. The lowest BCUT2D eigenvalue weighted by atomic mass is 10.1. The van der Waals surface area contributed by atoms with E-state index in [1.54, 1.807) is 13.3 Å². The van der Waals surface area contributed by atoms with Gasteiger partial charge in [0.2, 0.25) is 0 Å². The summed E-state index contributed by atoms with van der Waals surface area (Å²) in [5.74, 6) is 0.811. The lowest BCUT2D eigenvalue weighted by Crippen LogP contribution is -1.99. The van der Waals surface area contributed by atoms with Crippen molar-refractivity contribution in [2.75, 3.05) is 7.11 Å². The van der Waals surface area contributed by atoms with E-state index >= 15 is 0 Å². The first kappa shape index (κ1) is 10.6. The zero-order valence-electron chi connectivity index (χ0n) is 9.18. The van der Waals surface area contributed by atoms with Crippen molar-refractivity contribution in [3.05, 3.63) is 48.2 Å². The van der Waals surface area contributed by atoms with E-state index in [1.165, 1.54) is 0 Å². The van der Waals surface area contributed by atoms with Crippen molar-refractivity contribution in [2.45, 2.75) is 6.54 Å². The molecule has 0 spiro atoms. The molecule has 2 aromatic rings. The van der Waals surface area contributed by atoms with Crippen molar-refractivity contribution in [1.82, 2.24) is 4.98 Å². The summed E-state index contributed by atoms with van der Waals surface area (Å²) in [6.45, 7) is 0.478. The van der Waals surface area contributed by atoms with E-state index in [9.17, 15) is 0 Å². The van der Waals surface area contributed by atoms with Crippen molar-refractivity contribution < 1.29 is 4.74 Å². The van der Waals surface area contributed by atoms with Gasteiger partial charge in [0.05, 0.1) is 12.8 Å². The van der Waals surface area contributed by atoms with Crippen molar-refractivity contribution in [3.63, 3.8) is 0 Å². The molecule has 0 aliphatic heterocycles. The van der Waals surface area contributed by atoms with Crippen LogP contribution in [0.1, 0.15) is 5.56 Å². The maximum absolute atomic E-state index is 5.62. The number of rotatable bonds is 3. The van der Waals surface area contributed by atoms with Crippen LogP contribution in [0, 0.1) is 0 Å². The van der Waals surface area contributed by atoms with Gasteiger partial charge in [-0.15, -0.1) is 0 Å². The third-order valence-corrected chi connectivity index (χ3v) is 2.47. The Labute approximate surface area is 94.9 Å². The van der Waals surface area contributed by atoms with E-state index in [2.05, 4.69) is 4.98 Å². The number of hydrogen-bond donors (Lipinski definition) is 1. The van der Waals surface area contributed by atoms with Crippen LogP contribution in [0.15, 0.2) is 42.6 Å². The number of methoxy groups -OCH3 is 1. The quantitative estimate of drug-likeness (QED) is 0.852. The molecule has 2 N–H and O–H groups in total. The van der Waals surface area contributed by atoms with Gasteiger partial charge in [-0.05, 0) is 18.2 Å². The Hall–Kier alpha value is -1.87. The first-order valence-corrected chi connectivity index (χ1v) is 5.13. The molecule has 0 bridgehead atoms. The maximum Gasteiger partial charge on any atom is 0.124 e. The van der Waals surface area contributed by atoms with Crippen LogP contribution >= 0.6 is 0 Å². The summed E-state index contributed by atoms with van der Waals surface area (Å²) in [6, 6.07) is 11.8. The Kier molecular flexibility index (Phi) is 3.17. The van der Waals surface area contributed by atoms with E-state index in [0.29, 0.717) is 6.54 Å². The largest absolute Gasteiger partial charge is 0.496 e. The normalized spacial score (nSPS) is 10.1. The van der Waals surface area contributed by atoms with Crippen LogP contribution in [0.5, 0.6) is 5.75 Å². The molecular formula is C13H14N2O. The minimum absolute atomic E-state index is 0.478. The van der Waals surface area contributed by atoms with Crippen molar-refractivity contribution >= 4 is 0 Å². The predicted molar refractivity (Wildman–Crippen MR) is 64.1 cm³/mol. The molecule has 82 valence electrons. The molecule has 0 amide bonds. The fourth-order valence-corrected chi connectivity index (χ4v) is 1.61. The fraction of sp³-hybridized carbons (Fsp3) is 0.154. The van der Waals surface area contributed by atoms with Crippen LogP contribution in [0.25, 0.3) is 11.3 Å². The third kappa shape index (κ3) is 2.04. The molecule has 0 unspecified atom stereocenters. The molecule has 16 heavy (non-hydrogen) atoms. The Morgan fingerprint density at radius 3 is 2.75 bits per heavy atom. The van der Waals surface area contributed by atoms with Crippen molar-refractivity contribution in [3.8, 4) is 17.0 Å². The minimum atomic E-state index is 0.478. The molecule has 0 fully saturated rings. The zero-order chi connectivity index (χ0) is 11.4. The highest BCUT2D eigenvalue weighted by Gasteiger charge is 2.04. The van der Waals surface area contributed by atoms with Gasteiger partial charge in [0.1, 0.15) is 5.75 Å². The standard InChI is InChI=1S/C13H14N2O/c1-16-13-8-10(5-6-11(13)9-14)12-4-2-3-7-15-12/h2-8H,9,14H2,1H3. The van der Waals surface area contributed by atoms with Crippen LogP contribution in [0.2, 0.25) is 0 Å². The van der Waals surface area contributed by atoms with Gasteiger partial charge < -0.3 is 10.5 Å². The van der Waals surface area contributed by atoms with Gasteiger partial charge in [0, 0.05) is 23.9 Å². The minimum Gasteiger partial charge on any atom is -0.496 e. The first-order valence-electron chi connectivity index (χ1n) is 5.13. The monoisotopic (exact) mass is 214 g/mol. The highest BCUT2D eigenvalue weighted by Crippen LogP contribution is 2.25. The maximum atomic E-state index is 5.62. The molecule has 3 nitrogen and oxygen atoms in total. The molecule has 3 heteroatoms. The van der Waals surface area contributed by atoms with Gasteiger partial charge in [-0.1, -0.05) is 18.2 Å². The molecule has 0 saturated carbocycles. The average Bonchev–Trinajstić information content (AvgIpc) is 2.39. The number of nitrogens with zero attached hydrogens (tertiary/aromatic N) is 1. The van der Waals surface area contributed by atoms with E-state index in [1.807, 2.05) is 36.4 Å². The van der Waals surface area contributed by atoms with E-state index in [0.717, 1.165) is 22.6 Å². The lowest BCUT2D eigenvalue weighted by molar-refractivity contribution is 0.410. The van der Waals surface area contributed by atoms with Crippen molar-refractivity contribution in [1.29, 1.82) is 0 Å². The molecule has 1 aromatic carbocycles. The first-order chi connectivity index (χ1) is 7.85. The highest BCUT2D eigenvalue weighted by molar-refractivity contribution is 5.62. The van der Waals surface area contributed by atoms with Gasteiger partial charge in [0.15, 0.2) is 0 Å². The molecule has 0 saturated heterocycles. The summed E-state index contributed by atoms with van der Waals surface area (Å²) < 4.78 is 5.29. The summed E-state index contributed by atoms with van der Waals surface area (Å²) in [7, 11) is 1.65. The molecule has 0 radical (unpaired) electrons. The smallest absolute Gasteiger partial charge is 0.124 e. The Balaban J connectivity index is 2.44. The SMILES string of the molecule is COc1cc(-c2ccccn2)ccc1CN. The number of pyridine rings is 1. The lowest BCUT2D eigenvalue weighted by Gasteiger charge is -2.08. The zero-order valence-corrected chi connectivity index (χ0v) is 9.18. The van der Waals surface area contributed by atoms with E-state index in [-0.39, 0.29) is 0 Å². The van der Waals surface area contributed by atoms with E-state index in [4.69, 9.17) is 10.5 Å². The van der Waals surface area contributed by atoms with Gasteiger partial charge in [-0.25, -0.2) is 0 Å². The van der Waals surface area contributed by atoms with Crippen LogP contribution in [-0.4, -0.2) is 12.1 Å². The summed E-state index contributed by atoms with van der Waals surface area (Å²) in [4.78, 5) is 4.29. The second-order valence-corrected chi connectivity index (χ2v) is 3.45. The Morgan fingerprint density at radius 1 is 1.25 bits per heavy atom. The Bertz CT molecular complexity index is 469. The molecule has 0 aliphatic rings. The molecule has 2 rings (SSSR count). The van der Waals surface area contributed by atoms with Crippen LogP contribution in [-0.2, 0) is 6.54 Å². The summed E-state index contributed by atoms with van der Waals surface area (Å²) in [5.41, 5.74) is 8.59. The molecular weight excluding hydrogens is 200 g/mol. The van der Waals surface area contributed by atoms with Gasteiger partial charge in [-0.2, -0.15) is 0 Å². The topological polar surface area (TPSA) is 48.1 Å². The number of ether oxygens (including phenoxy) is 1. The summed E-state index contributed by atoms with van der Waals surface area (Å²) >= 11 is 0. The van der Waals surface area contributed by atoms with E-state index < -0.39 is 0 Å². The predicted octanol–water partition coefficient (Wildman–Crippen LogP) is 2.22. The van der Waals surface area contributed by atoms with Crippen LogP contribution in [0.4, 0.5) is 0 Å². The average molecular weight is 214 g/mol. The Morgan fingerprint density at radius 2 is 2.12 bits per heavy atom. The summed E-state index contributed by atoms with van der Waals surface area (Å²) in [5, 5.41) is 0. The number of benzene rings is 1. The highest BCUT2D eigenvalue weighted by atomic mass is 16.5. The summed E-state index contributed by atoms with van der Waals surface area (Å²) in [6.07, 6.45) is 1.78. The number of hydrogen-bond acceptors (Lipinski definition) is 3.